The molecule has 0 aromatic heterocycles. The smallest absolute Gasteiger partial charge is 0.0650 e. The van der Waals surface area contributed by atoms with Crippen molar-refractivity contribution in [1.82, 2.24) is 4.90 Å². The fourth-order valence-electron chi connectivity index (χ4n) is 2.96. The molecule has 0 radical (unpaired) electrons. The van der Waals surface area contributed by atoms with Crippen LogP contribution in [0.25, 0.3) is 0 Å². The minimum atomic E-state index is 0.604. The number of likely N-dealkylation sites (tertiary alicyclic amines) is 1. The Labute approximate surface area is 87.4 Å². The molecular weight excluding hydrogens is 172 g/mol. The average molecular weight is 194 g/mol. The van der Waals surface area contributed by atoms with E-state index >= 15 is 0 Å². The van der Waals surface area contributed by atoms with Gasteiger partial charge in [0.2, 0.25) is 0 Å². The van der Waals surface area contributed by atoms with Gasteiger partial charge in [-0.15, -0.1) is 0 Å². The minimum Gasteiger partial charge on any atom is -0.298 e. The van der Waals surface area contributed by atoms with Crippen LogP contribution in [-0.2, 0) is 0 Å². The zero-order valence-electron chi connectivity index (χ0n) is 9.28. The Morgan fingerprint density at radius 1 is 1.07 bits per heavy atom. The van der Waals surface area contributed by atoms with Gasteiger partial charge in [-0.25, -0.2) is 0 Å². The first-order valence-electron chi connectivity index (χ1n) is 6.13. The van der Waals surface area contributed by atoms with Gasteiger partial charge in [-0.2, -0.15) is 0 Å². The Morgan fingerprint density at radius 3 is 2.50 bits per heavy atom. The lowest BCUT2D eigenvalue weighted by molar-refractivity contribution is 0.169. The third kappa shape index (κ3) is 2.17. The largest absolute Gasteiger partial charge is 0.298 e. The van der Waals surface area contributed by atoms with Crippen LogP contribution >= 0.6 is 0 Å². The van der Waals surface area contributed by atoms with Gasteiger partial charge in [-0.3, -0.25) is 9.89 Å². The van der Waals surface area contributed by atoms with Crippen LogP contribution in [0.2, 0.25) is 0 Å². The molecule has 14 heavy (non-hydrogen) atoms. The van der Waals surface area contributed by atoms with Crippen molar-refractivity contribution in [3.05, 3.63) is 0 Å². The molecule has 1 saturated heterocycles. The topological polar surface area (TPSA) is 15.6 Å². The standard InChI is InChI=1S/C12H22N2/c1-2-13-11-7-3-4-8-12(11)14-9-5-6-10-14/h2,11-12H,3-10H2,1H3/t11-,12-/m0/s1. The zero-order valence-corrected chi connectivity index (χ0v) is 9.28. The van der Waals surface area contributed by atoms with Crippen molar-refractivity contribution in [1.29, 1.82) is 0 Å². The van der Waals surface area contributed by atoms with Crippen LogP contribution in [0.5, 0.6) is 0 Å². The van der Waals surface area contributed by atoms with Crippen LogP contribution < -0.4 is 0 Å². The number of rotatable bonds is 2. The van der Waals surface area contributed by atoms with Gasteiger partial charge in [0.05, 0.1) is 6.04 Å². The van der Waals surface area contributed by atoms with Crippen molar-refractivity contribution in [2.24, 2.45) is 4.99 Å². The molecule has 1 saturated carbocycles. The number of aliphatic imine (C=N–C) groups is 1. The van der Waals surface area contributed by atoms with Crippen LogP contribution in [0.15, 0.2) is 4.99 Å². The molecule has 0 unspecified atom stereocenters. The van der Waals surface area contributed by atoms with Gasteiger partial charge in [0, 0.05) is 6.04 Å². The Morgan fingerprint density at radius 2 is 1.79 bits per heavy atom. The highest BCUT2D eigenvalue weighted by Gasteiger charge is 2.30. The lowest BCUT2D eigenvalue weighted by Crippen LogP contribution is -2.43. The third-order valence-electron chi connectivity index (χ3n) is 3.64. The van der Waals surface area contributed by atoms with Crippen LogP contribution in [0.4, 0.5) is 0 Å². The van der Waals surface area contributed by atoms with Crippen molar-refractivity contribution in [3.8, 4) is 0 Å². The summed E-state index contributed by atoms with van der Waals surface area (Å²) in [6, 6.07) is 1.37. The quantitative estimate of drug-likeness (QED) is 0.617. The van der Waals surface area contributed by atoms with E-state index in [1.807, 2.05) is 6.21 Å². The van der Waals surface area contributed by atoms with Gasteiger partial charge >= 0.3 is 0 Å². The first-order valence-corrected chi connectivity index (χ1v) is 6.13. The second kappa shape index (κ2) is 4.92. The van der Waals surface area contributed by atoms with E-state index in [0.717, 1.165) is 6.04 Å². The van der Waals surface area contributed by atoms with E-state index in [4.69, 9.17) is 0 Å². The van der Waals surface area contributed by atoms with Gasteiger partial charge < -0.3 is 0 Å². The fraction of sp³-hybridized carbons (Fsp3) is 0.917. The number of hydrogen-bond donors (Lipinski definition) is 0. The molecule has 2 rings (SSSR count). The maximum atomic E-state index is 4.64. The summed E-state index contributed by atoms with van der Waals surface area (Å²) in [6.45, 7) is 4.69. The molecule has 2 aliphatic rings. The molecule has 0 amide bonds. The van der Waals surface area contributed by atoms with Gasteiger partial charge in [-0.05, 0) is 51.9 Å². The predicted octanol–water partition coefficient (Wildman–Crippen LogP) is 2.48. The lowest BCUT2D eigenvalue weighted by Gasteiger charge is -2.35. The molecular formula is C12H22N2. The Hall–Kier alpha value is -0.370. The third-order valence-corrected chi connectivity index (χ3v) is 3.64. The molecule has 0 N–H and O–H groups in total. The number of nitrogens with zero attached hydrogens (tertiary/aromatic N) is 2. The van der Waals surface area contributed by atoms with E-state index in [9.17, 15) is 0 Å². The van der Waals surface area contributed by atoms with E-state index in [0.29, 0.717) is 6.04 Å². The van der Waals surface area contributed by atoms with Gasteiger partial charge in [-0.1, -0.05) is 12.8 Å². The molecule has 0 bridgehead atoms. The van der Waals surface area contributed by atoms with Crippen LogP contribution in [0.1, 0.15) is 45.4 Å². The monoisotopic (exact) mass is 194 g/mol. The predicted molar refractivity (Wildman–Crippen MR) is 61.0 cm³/mol. The molecule has 1 aliphatic heterocycles. The first kappa shape index (κ1) is 10.2. The highest BCUT2D eigenvalue weighted by Crippen LogP contribution is 2.27. The molecule has 2 heteroatoms. The summed E-state index contributed by atoms with van der Waals surface area (Å²) in [5.41, 5.74) is 0. The SMILES string of the molecule is CC=N[C@H]1CCCC[C@@H]1N1CCCC1. The lowest BCUT2D eigenvalue weighted by atomic mass is 9.90. The summed E-state index contributed by atoms with van der Waals surface area (Å²) < 4.78 is 0. The fourth-order valence-corrected chi connectivity index (χ4v) is 2.96. The zero-order chi connectivity index (χ0) is 9.80. The summed E-state index contributed by atoms with van der Waals surface area (Å²) in [5.74, 6) is 0. The Balaban J connectivity index is 1.97. The number of hydrogen-bond acceptors (Lipinski definition) is 2. The van der Waals surface area contributed by atoms with E-state index in [1.54, 1.807) is 0 Å². The van der Waals surface area contributed by atoms with E-state index in [1.165, 1.54) is 51.6 Å². The van der Waals surface area contributed by atoms with Crippen molar-refractivity contribution < 1.29 is 0 Å². The summed E-state index contributed by atoms with van der Waals surface area (Å²) in [6.07, 6.45) is 10.3. The first-order chi connectivity index (χ1) is 6.92. The summed E-state index contributed by atoms with van der Waals surface area (Å²) in [5, 5.41) is 0. The minimum absolute atomic E-state index is 0.604. The molecule has 0 aromatic carbocycles. The molecule has 2 nitrogen and oxygen atoms in total. The van der Waals surface area contributed by atoms with E-state index < -0.39 is 0 Å². The Bertz CT molecular complexity index is 194. The summed E-state index contributed by atoms with van der Waals surface area (Å²) >= 11 is 0. The Kier molecular flexibility index (Phi) is 3.57. The average Bonchev–Trinajstić information content (AvgIpc) is 2.72. The van der Waals surface area contributed by atoms with Crippen molar-refractivity contribution >= 4 is 6.21 Å². The van der Waals surface area contributed by atoms with Crippen LogP contribution in [0.3, 0.4) is 0 Å². The normalized spacial score (nSPS) is 35.5. The molecule has 0 spiro atoms. The van der Waals surface area contributed by atoms with Gasteiger partial charge in [0.1, 0.15) is 0 Å². The molecule has 1 aliphatic carbocycles. The van der Waals surface area contributed by atoms with Gasteiger partial charge in [0.25, 0.3) is 0 Å². The van der Waals surface area contributed by atoms with Crippen LogP contribution in [0, 0.1) is 0 Å². The second-order valence-corrected chi connectivity index (χ2v) is 4.57. The molecule has 80 valence electrons. The molecule has 0 aromatic rings. The highest BCUT2D eigenvalue weighted by atomic mass is 15.2. The maximum Gasteiger partial charge on any atom is 0.0650 e. The molecule has 2 atom stereocenters. The summed E-state index contributed by atoms with van der Waals surface area (Å²) in [7, 11) is 0. The highest BCUT2D eigenvalue weighted by molar-refractivity contribution is 5.53. The van der Waals surface area contributed by atoms with E-state index in [2.05, 4.69) is 16.8 Å². The van der Waals surface area contributed by atoms with E-state index in [-0.39, 0.29) is 0 Å². The molecule has 2 fully saturated rings. The van der Waals surface area contributed by atoms with Gasteiger partial charge in [0.15, 0.2) is 0 Å². The summed E-state index contributed by atoms with van der Waals surface area (Å²) in [4.78, 5) is 7.32. The van der Waals surface area contributed by atoms with Crippen molar-refractivity contribution in [2.45, 2.75) is 57.5 Å². The van der Waals surface area contributed by atoms with Crippen LogP contribution in [-0.4, -0.2) is 36.3 Å². The van der Waals surface area contributed by atoms with Crippen molar-refractivity contribution in [3.63, 3.8) is 0 Å². The molecule has 1 heterocycles. The second-order valence-electron chi connectivity index (χ2n) is 4.57. The maximum absolute atomic E-state index is 4.64. The van der Waals surface area contributed by atoms with Crippen molar-refractivity contribution in [2.75, 3.05) is 13.1 Å².